The van der Waals surface area contributed by atoms with Crippen molar-refractivity contribution < 1.29 is 57.2 Å². The molecule has 0 aliphatic heterocycles. The number of aromatic nitrogens is 1. The van der Waals surface area contributed by atoms with Crippen LogP contribution in [0.4, 0.5) is 0 Å². The standard InChI is InChI=1S/C47H80BrN5O12/c1-42(2,3)60-36(54)27-50(19-21-52(29-38(56)62-44(7,8)9)30-39(57)63-45(10,11)12)25-34-23-33(48)24-35(49-34)26-51(28-37(55)61-43(4,5)6)20-22-53(31-40(58)64-46(13,14)15)32-41(59)65-47(16,17)18/h23-24H,19-22,25-32H2,1-18H3. The van der Waals surface area contributed by atoms with Gasteiger partial charge in [0.05, 0.1) is 50.7 Å². The van der Waals surface area contributed by atoms with Crippen LogP contribution in [-0.2, 0) is 70.3 Å². The van der Waals surface area contributed by atoms with Gasteiger partial charge in [0.2, 0.25) is 0 Å². The number of nitrogens with zero attached hydrogens (tertiary/aromatic N) is 5. The van der Waals surface area contributed by atoms with Crippen LogP contribution < -0.4 is 0 Å². The molecule has 0 spiro atoms. The van der Waals surface area contributed by atoms with Gasteiger partial charge < -0.3 is 28.4 Å². The van der Waals surface area contributed by atoms with Crippen LogP contribution in [0.3, 0.4) is 0 Å². The molecule has 0 bridgehead atoms. The summed E-state index contributed by atoms with van der Waals surface area (Å²) in [6, 6.07) is 3.62. The molecule has 17 nitrogen and oxygen atoms in total. The molecule has 0 saturated carbocycles. The van der Waals surface area contributed by atoms with E-state index in [2.05, 4.69) is 15.9 Å². The van der Waals surface area contributed by atoms with Gasteiger partial charge in [-0.3, -0.25) is 53.4 Å². The van der Waals surface area contributed by atoms with Crippen LogP contribution in [0.15, 0.2) is 16.6 Å². The molecule has 0 radical (unpaired) electrons. The van der Waals surface area contributed by atoms with Crippen LogP contribution in [0.5, 0.6) is 0 Å². The maximum atomic E-state index is 13.3. The fourth-order valence-electron chi connectivity index (χ4n) is 5.99. The van der Waals surface area contributed by atoms with Gasteiger partial charge in [0, 0.05) is 43.7 Å². The monoisotopic (exact) mass is 985 g/mol. The Morgan fingerprint density at radius 3 is 0.769 bits per heavy atom. The Morgan fingerprint density at radius 1 is 0.385 bits per heavy atom. The molecule has 1 aromatic heterocycles. The second kappa shape index (κ2) is 24.9. The fourth-order valence-corrected chi connectivity index (χ4v) is 6.52. The van der Waals surface area contributed by atoms with Crippen molar-refractivity contribution in [2.24, 2.45) is 0 Å². The van der Waals surface area contributed by atoms with Crippen LogP contribution in [-0.4, -0.2) is 159 Å². The second-order valence-corrected chi connectivity index (χ2v) is 23.0. The maximum absolute atomic E-state index is 13.3. The molecular formula is C47H80BrN5O12. The van der Waals surface area contributed by atoms with E-state index < -0.39 is 69.4 Å². The molecule has 372 valence electrons. The zero-order chi connectivity index (χ0) is 50.4. The topological polar surface area (TPSA) is 184 Å². The van der Waals surface area contributed by atoms with Crippen molar-refractivity contribution >= 4 is 51.7 Å². The number of hydrogen-bond acceptors (Lipinski definition) is 17. The summed E-state index contributed by atoms with van der Waals surface area (Å²) in [5.41, 5.74) is -3.36. The van der Waals surface area contributed by atoms with Gasteiger partial charge in [0.1, 0.15) is 33.6 Å². The number of esters is 6. The number of ether oxygens (including phenoxy) is 6. The molecule has 0 amide bonds. The molecule has 0 unspecified atom stereocenters. The summed E-state index contributed by atoms with van der Waals surface area (Å²) in [5.74, 6) is -3.05. The Balaban J connectivity index is 3.58. The highest BCUT2D eigenvalue weighted by Crippen LogP contribution is 2.19. The summed E-state index contributed by atoms with van der Waals surface area (Å²) >= 11 is 3.62. The van der Waals surface area contributed by atoms with Crippen LogP contribution in [0, 0.1) is 0 Å². The summed E-state index contributed by atoms with van der Waals surface area (Å²) in [6.07, 6.45) is 0. The van der Waals surface area contributed by atoms with Crippen molar-refractivity contribution in [1.29, 1.82) is 0 Å². The van der Waals surface area contributed by atoms with Gasteiger partial charge in [0.15, 0.2) is 0 Å². The molecule has 0 saturated heterocycles. The van der Waals surface area contributed by atoms with E-state index in [9.17, 15) is 28.8 Å². The minimum atomic E-state index is -0.754. The van der Waals surface area contributed by atoms with E-state index in [-0.39, 0.29) is 78.5 Å². The molecule has 1 aromatic rings. The Labute approximate surface area is 397 Å². The van der Waals surface area contributed by atoms with Crippen molar-refractivity contribution in [2.45, 2.75) is 171 Å². The highest BCUT2D eigenvalue weighted by atomic mass is 79.9. The summed E-state index contributed by atoms with van der Waals surface area (Å²) in [4.78, 5) is 90.3. The molecule has 1 heterocycles. The molecule has 65 heavy (non-hydrogen) atoms. The van der Waals surface area contributed by atoms with Gasteiger partial charge in [-0.25, -0.2) is 0 Å². The van der Waals surface area contributed by atoms with Gasteiger partial charge in [0.25, 0.3) is 0 Å². The number of rotatable bonds is 22. The lowest BCUT2D eigenvalue weighted by Crippen LogP contribution is -2.44. The van der Waals surface area contributed by atoms with Gasteiger partial charge in [-0.1, -0.05) is 15.9 Å². The van der Waals surface area contributed by atoms with Gasteiger partial charge >= 0.3 is 35.8 Å². The number of carbonyl (C=O) groups is 6. The average molecular weight is 987 g/mol. The van der Waals surface area contributed by atoms with Crippen LogP contribution in [0.2, 0.25) is 0 Å². The molecular weight excluding hydrogens is 906 g/mol. The third-order valence-corrected chi connectivity index (χ3v) is 8.23. The highest BCUT2D eigenvalue weighted by Gasteiger charge is 2.28. The summed E-state index contributed by atoms with van der Waals surface area (Å²) in [5, 5.41) is 0. The minimum absolute atomic E-state index is 0.136. The van der Waals surface area contributed by atoms with Crippen molar-refractivity contribution in [2.75, 3.05) is 65.4 Å². The molecule has 0 aliphatic carbocycles. The van der Waals surface area contributed by atoms with Gasteiger partial charge in [-0.05, 0) is 137 Å². The quantitative estimate of drug-likeness (QED) is 0.0958. The Morgan fingerprint density at radius 2 is 0.569 bits per heavy atom. The van der Waals surface area contributed by atoms with E-state index in [4.69, 9.17) is 33.4 Å². The molecule has 0 aliphatic rings. The highest BCUT2D eigenvalue weighted by molar-refractivity contribution is 9.10. The molecule has 1 rings (SSSR count). The fraction of sp³-hybridized carbons (Fsp3) is 0.766. The van der Waals surface area contributed by atoms with E-state index in [1.807, 2.05) is 21.9 Å². The normalized spacial score (nSPS) is 13.0. The lowest BCUT2D eigenvalue weighted by Gasteiger charge is -2.30. The van der Waals surface area contributed by atoms with Crippen LogP contribution in [0.1, 0.15) is 136 Å². The van der Waals surface area contributed by atoms with E-state index in [0.717, 1.165) is 0 Å². The van der Waals surface area contributed by atoms with E-state index in [1.165, 1.54) is 0 Å². The summed E-state index contributed by atoms with van der Waals surface area (Å²) in [7, 11) is 0. The Bertz CT molecular complexity index is 1570. The SMILES string of the molecule is CC(C)(C)OC(=O)CN(CCN(CC(=O)OC(C)(C)C)Cc1cc(Br)cc(CN(CCN(CC(=O)OC(C)(C)C)CC(=O)OC(C)(C)C)CC(=O)OC(C)(C)C)n1)CC(=O)OC(C)(C)C. The lowest BCUT2D eigenvalue weighted by molar-refractivity contribution is -0.162. The summed E-state index contributed by atoms with van der Waals surface area (Å²) in [6.45, 7) is 31.8. The predicted octanol–water partition coefficient (Wildman–Crippen LogP) is 6.10. The Kier molecular flexibility index (Phi) is 22.7. The zero-order valence-electron chi connectivity index (χ0n) is 42.7. The minimum Gasteiger partial charge on any atom is -0.459 e. The molecule has 0 atom stereocenters. The first-order valence-corrected chi connectivity index (χ1v) is 22.9. The van der Waals surface area contributed by atoms with Crippen molar-refractivity contribution in [3.8, 4) is 0 Å². The van der Waals surface area contributed by atoms with Crippen molar-refractivity contribution in [1.82, 2.24) is 24.6 Å². The first kappa shape index (κ1) is 59.3. The van der Waals surface area contributed by atoms with Crippen molar-refractivity contribution in [3.63, 3.8) is 0 Å². The molecule has 18 heteroatoms. The summed E-state index contributed by atoms with van der Waals surface area (Å²) < 4.78 is 34.3. The molecule has 0 fully saturated rings. The number of halogens is 1. The van der Waals surface area contributed by atoms with E-state index in [0.29, 0.717) is 15.9 Å². The smallest absolute Gasteiger partial charge is 0.320 e. The van der Waals surface area contributed by atoms with Crippen LogP contribution >= 0.6 is 15.9 Å². The van der Waals surface area contributed by atoms with E-state index in [1.54, 1.807) is 134 Å². The largest absolute Gasteiger partial charge is 0.459 e. The van der Waals surface area contributed by atoms with Gasteiger partial charge in [-0.2, -0.15) is 0 Å². The maximum Gasteiger partial charge on any atom is 0.320 e. The van der Waals surface area contributed by atoms with Crippen molar-refractivity contribution in [3.05, 3.63) is 28.0 Å². The third-order valence-electron chi connectivity index (χ3n) is 7.77. The average Bonchev–Trinajstić information content (AvgIpc) is 3.00. The number of hydrogen-bond donors (Lipinski definition) is 0. The molecule has 0 aromatic carbocycles. The number of carbonyl (C=O) groups excluding carboxylic acids is 6. The molecule has 0 N–H and O–H groups in total. The van der Waals surface area contributed by atoms with Crippen LogP contribution in [0.25, 0.3) is 0 Å². The first-order valence-electron chi connectivity index (χ1n) is 22.1. The third kappa shape index (κ3) is 31.8. The first-order chi connectivity index (χ1) is 29.2. The van der Waals surface area contributed by atoms with E-state index >= 15 is 0 Å². The lowest BCUT2D eigenvalue weighted by atomic mass is 10.2. The second-order valence-electron chi connectivity index (χ2n) is 22.1. The number of pyridine rings is 1. The Hall–Kier alpha value is -3.71. The van der Waals surface area contributed by atoms with Gasteiger partial charge in [-0.15, -0.1) is 0 Å². The zero-order valence-corrected chi connectivity index (χ0v) is 44.2. The predicted molar refractivity (Wildman–Crippen MR) is 250 cm³/mol.